The van der Waals surface area contributed by atoms with Crippen LogP contribution in [0.2, 0.25) is 0 Å². The summed E-state index contributed by atoms with van der Waals surface area (Å²) in [5.74, 6) is -0.124. The summed E-state index contributed by atoms with van der Waals surface area (Å²) in [7, 11) is 9.26. The van der Waals surface area contributed by atoms with E-state index in [1.165, 1.54) is 193 Å². The number of nitrogens with zero attached hydrogens (tertiary/aromatic N) is 2. The average Bonchev–Trinajstić information content (AvgIpc) is 3.18. The monoisotopic (exact) mass is 943 g/mol. The first-order valence-corrected chi connectivity index (χ1v) is 24.4. The summed E-state index contributed by atoms with van der Waals surface area (Å²) in [6.45, 7) is 10.5. The van der Waals surface area contributed by atoms with Gasteiger partial charge in [0, 0.05) is 37.1 Å². The van der Waals surface area contributed by atoms with Gasteiger partial charge in [0.05, 0.1) is 54.4 Å². The average molecular weight is 945 g/mol. The predicted molar refractivity (Wildman–Crippen MR) is 245 cm³/mol. The summed E-state index contributed by atoms with van der Waals surface area (Å²) in [4.78, 5) is 25.5. The molecule has 1 aromatic rings. The number of rotatable bonds is 40. The van der Waals surface area contributed by atoms with Crippen LogP contribution in [0.1, 0.15) is 227 Å². The molecular formula is C50H96Br2N4O2. The fourth-order valence-corrected chi connectivity index (χ4v) is 8.09. The van der Waals surface area contributed by atoms with Gasteiger partial charge in [-0.1, -0.05) is 168 Å². The van der Waals surface area contributed by atoms with E-state index < -0.39 is 0 Å². The van der Waals surface area contributed by atoms with Gasteiger partial charge in [-0.05, 0) is 49.9 Å². The zero-order chi connectivity index (χ0) is 41.0. The van der Waals surface area contributed by atoms with E-state index in [2.05, 4.69) is 52.7 Å². The minimum absolute atomic E-state index is 0. The van der Waals surface area contributed by atoms with Crippen LogP contribution in [0, 0.1) is 0 Å². The third-order valence-corrected chi connectivity index (χ3v) is 12.1. The van der Waals surface area contributed by atoms with Crippen LogP contribution in [0.4, 0.5) is 0 Å². The Morgan fingerprint density at radius 2 is 0.569 bits per heavy atom. The van der Waals surface area contributed by atoms with E-state index in [0.717, 1.165) is 34.9 Å². The summed E-state index contributed by atoms with van der Waals surface area (Å²) >= 11 is 0. The van der Waals surface area contributed by atoms with Crippen LogP contribution in [-0.4, -0.2) is 88.2 Å². The summed E-state index contributed by atoms with van der Waals surface area (Å²) in [5.41, 5.74) is 1.22. The highest BCUT2D eigenvalue weighted by Gasteiger charge is 2.16. The number of nitrogens with one attached hydrogen (secondary N) is 2. The van der Waals surface area contributed by atoms with Crippen LogP contribution in [-0.2, 0) is 0 Å². The van der Waals surface area contributed by atoms with Gasteiger partial charge in [-0.25, -0.2) is 0 Å². The van der Waals surface area contributed by atoms with Crippen LogP contribution >= 0.6 is 0 Å². The molecule has 58 heavy (non-hydrogen) atoms. The highest BCUT2D eigenvalue weighted by molar-refractivity contribution is 5.97. The van der Waals surface area contributed by atoms with Crippen molar-refractivity contribution in [3.63, 3.8) is 0 Å². The van der Waals surface area contributed by atoms with E-state index in [-0.39, 0.29) is 45.8 Å². The van der Waals surface area contributed by atoms with Crippen molar-refractivity contribution in [3.8, 4) is 0 Å². The lowest BCUT2D eigenvalue weighted by Crippen LogP contribution is -3.00. The first-order chi connectivity index (χ1) is 27.1. The lowest BCUT2D eigenvalue weighted by Gasteiger charge is -2.30. The maximum absolute atomic E-state index is 12.8. The SMILES string of the molecule is CCCCCCCCCCCCCCCC[N+](C)(C)CCCNC(=O)c1ccc(C(=O)NCCC[N+](C)(C)CCCCCCCCCCCCCCCC)cc1.[Br-].[Br-]. The molecule has 1 aromatic carbocycles. The Morgan fingerprint density at radius 1 is 0.362 bits per heavy atom. The number of carbonyl (C=O) groups excluding carboxylic acids is 2. The van der Waals surface area contributed by atoms with Crippen molar-refractivity contribution in [3.05, 3.63) is 35.4 Å². The Labute approximate surface area is 382 Å². The molecule has 2 amide bonds. The zero-order valence-electron chi connectivity index (χ0n) is 39.2. The van der Waals surface area contributed by atoms with Crippen molar-refractivity contribution in [1.82, 2.24) is 10.6 Å². The lowest BCUT2D eigenvalue weighted by molar-refractivity contribution is -0.890. The van der Waals surface area contributed by atoms with E-state index in [1.54, 1.807) is 24.3 Å². The second-order valence-corrected chi connectivity index (χ2v) is 18.8. The molecule has 0 fully saturated rings. The highest BCUT2D eigenvalue weighted by atomic mass is 79.9. The Bertz CT molecular complexity index is 983. The van der Waals surface area contributed by atoms with Gasteiger partial charge >= 0.3 is 0 Å². The molecule has 0 saturated heterocycles. The van der Waals surface area contributed by atoms with Gasteiger partial charge in [0.2, 0.25) is 0 Å². The van der Waals surface area contributed by atoms with Gasteiger partial charge in [0.25, 0.3) is 11.8 Å². The fraction of sp³-hybridized carbons (Fsp3) is 0.840. The molecule has 6 nitrogen and oxygen atoms in total. The van der Waals surface area contributed by atoms with E-state index in [1.807, 2.05) is 0 Å². The Balaban J connectivity index is 0. The van der Waals surface area contributed by atoms with Crippen molar-refractivity contribution in [2.24, 2.45) is 0 Å². The van der Waals surface area contributed by atoms with E-state index >= 15 is 0 Å². The summed E-state index contributed by atoms with van der Waals surface area (Å²) in [6, 6.07) is 7.10. The zero-order valence-corrected chi connectivity index (χ0v) is 42.4. The van der Waals surface area contributed by atoms with Crippen LogP contribution < -0.4 is 44.6 Å². The number of hydrogen-bond acceptors (Lipinski definition) is 2. The Hall–Kier alpha value is -0.960. The smallest absolute Gasteiger partial charge is 0.251 e. The molecule has 342 valence electrons. The van der Waals surface area contributed by atoms with E-state index in [4.69, 9.17) is 0 Å². The van der Waals surface area contributed by atoms with E-state index in [9.17, 15) is 9.59 Å². The van der Waals surface area contributed by atoms with Crippen molar-refractivity contribution >= 4 is 11.8 Å². The maximum atomic E-state index is 12.8. The molecule has 0 aromatic heterocycles. The molecule has 0 saturated carbocycles. The van der Waals surface area contributed by atoms with Crippen molar-refractivity contribution in [1.29, 1.82) is 0 Å². The van der Waals surface area contributed by atoms with Gasteiger partial charge in [-0.2, -0.15) is 0 Å². The largest absolute Gasteiger partial charge is 1.00 e. The molecule has 0 unspecified atom stereocenters. The molecule has 0 heterocycles. The predicted octanol–water partition coefficient (Wildman–Crippen LogP) is 7.05. The Kier molecular flexibility index (Phi) is 40.9. The number of halogens is 2. The second kappa shape index (κ2) is 40.1. The molecule has 0 aliphatic rings. The number of amides is 2. The number of hydrogen-bond donors (Lipinski definition) is 2. The first-order valence-electron chi connectivity index (χ1n) is 24.4. The van der Waals surface area contributed by atoms with Gasteiger partial charge in [0.1, 0.15) is 0 Å². The van der Waals surface area contributed by atoms with Crippen LogP contribution in [0.5, 0.6) is 0 Å². The normalized spacial score (nSPS) is 11.6. The maximum Gasteiger partial charge on any atom is 0.251 e. The number of unbranched alkanes of at least 4 members (excludes halogenated alkanes) is 26. The molecule has 0 bridgehead atoms. The molecular weight excluding hydrogens is 848 g/mol. The molecule has 1 rings (SSSR count). The van der Waals surface area contributed by atoms with Crippen LogP contribution in [0.15, 0.2) is 24.3 Å². The van der Waals surface area contributed by atoms with Gasteiger partial charge in [-0.3, -0.25) is 9.59 Å². The van der Waals surface area contributed by atoms with Crippen molar-refractivity contribution in [2.45, 2.75) is 206 Å². The molecule has 0 aliphatic heterocycles. The highest BCUT2D eigenvalue weighted by Crippen LogP contribution is 2.16. The molecule has 0 radical (unpaired) electrons. The van der Waals surface area contributed by atoms with Gasteiger partial charge in [-0.15, -0.1) is 0 Å². The second-order valence-electron chi connectivity index (χ2n) is 18.8. The third-order valence-electron chi connectivity index (χ3n) is 12.1. The minimum atomic E-state index is -0.0620. The number of quaternary nitrogens is 2. The molecule has 2 N–H and O–H groups in total. The number of benzene rings is 1. The lowest BCUT2D eigenvalue weighted by atomic mass is 10.0. The summed E-state index contributed by atoms with van der Waals surface area (Å²) in [6.07, 6.45) is 41.0. The van der Waals surface area contributed by atoms with E-state index in [0.29, 0.717) is 24.2 Å². The fourth-order valence-electron chi connectivity index (χ4n) is 8.09. The number of carbonyl (C=O) groups is 2. The quantitative estimate of drug-likeness (QED) is 0.0548. The van der Waals surface area contributed by atoms with Crippen molar-refractivity contribution in [2.75, 3.05) is 67.5 Å². The van der Waals surface area contributed by atoms with Crippen LogP contribution in [0.3, 0.4) is 0 Å². The standard InChI is InChI=1S/C50H94N4O2.2BrH/c1-7-9-11-13-15-17-19-21-23-25-27-29-31-33-43-53(3,4)45-35-41-51-49(55)47-37-39-48(40-38-47)50(56)52-42-36-46-54(5,6)44-34-32-30-28-26-24-22-20-18-16-14-12-10-8-2;;/h37-40H,7-36,41-46H2,1-6H3;2*1H. The molecule has 8 heteroatoms. The van der Waals surface area contributed by atoms with Gasteiger partial charge < -0.3 is 53.6 Å². The van der Waals surface area contributed by atoms with Crippen molar-refractivity contribution < 1.29 is 52.5 Å². The van der Waals surface area contributed by atoms with Gasteiger partial charge in [0.15, 0.2) is 0 Å². The molecule has 0 aliphatic carbocycles. The minimum Gasteiger partial charge on any atom is -1.00 e. The summed E-state index contributed by atoms with van der Waals surface area (Å²) < 4.78 is 2.02. The topological polar surface area (TPSA) is 58.2 Å². The first kappa shape index (κ1) is 59.1. The Morgan fingerprint density at radius 3 is 0.810 bits per heavy atom. The molecule has 0 spiro atoms. The van der Waals surface area contributed by atoms with Crippen LogP contribution in [0.25, 0.3) is 0 Å². The third kappa shape index (κ3) is 35.8. The summed E-state index contributed by atoms with van der Waals surface area (Å²) in [5, 5.41) is 6.17. The molecule has 0 atom stereocenters.